The van der Waals surface area contributed by atoms with Crippen molar-refractivity contribution in [2.75, 3.05) is 18.6 Å². The van der Waals surface area contributed by atoms with E-state index in [9.17, 15) is 14.4 Å². The zero-order valence-corrected chi connectivity index (χ0v) is 11.5. The van der Waals surface area contributed by atoms with Gasteiger partial charge in [-0.1, -0.05) is 0 Å². The molecule has 0 atom stereocenters. The second-order valence-electron chi connectivity index (χ2n) is 4.92. The fourth-order valence-electron chi connectivity index (χ4n) is 1.96. The summed E-state index contributed by atoms with van der Waals surface area (Å²) < 4.78 is 4.64. The Morgan fingerprint density at radius 1 is 1.45 bits per heavy atom. The van der Waals surface area contributed by atoms with Crippen LogP contribution >= 0.6 is 0 Å². The number of nitrogens with zero attached hydrogens (tertiary/aromatic N) is 2. The number of hydrogen-bond donors (Lipinski definition) is 1. The number of aromatic nitrogens is 1. The van der Waals surface area contributed by atoms with Crippen LogP contribution in [0.25, 0.3) is 0 Å². The molecule has 2 amide bonds. The third-order valence-electron chi connectivity index (χ3n) is 3.23. The molecule has 0 spiro atoms. The Morgan fingerprint density at radius 3 is 2.80 bits per heavy atom. The van der Waals surface area contributed by atoms with Gasteiger partial charge in [-0.25, -0.2) is 9.78 Å². The van der Waals surface area contributed by atoms with Gasteiger partial charge in [0.15, 0.2) is 0 Å². The summed E-state index contributed by atoms with van der Waals surface area (Å²) in [4.78, 5) is 40.6. The van der Waals surface area contributed by atoms with Crippen molar-refractivity contribution in [2.24, 2.45) is 0 Å². The molecule has 2 heterocycles. The molecule has 20 heavy (non-hydrogen) atoms. The Kier molecular flexibility index (Phi) is 3.44. The molecule has 0 unspecified atom stereocenters. The lowest BCUT2D eigenvalue weighted by atomic mass is 9.98. The second kappa shape index (κ2) is 4.92. The number of ether oxygens (including phenoxy) is 1. The number of hydrogen-bond acceptors (Lipinski definition) is 6. The van der Waals surface area contributed by atoms with Crippen LogP contribution in [0.2, 0.25) is 0 Å². The van der Waals surface area contributed by atoms with E-state index in [1.54, 1.807) is 18.7 Å². The van der Waals surface area contributed by atoms with Crippen LogP contribution in [0.1, 0.15) is 24.2 Å². The summed E-state index contributed by atoms with van der Waals surface area (Å²) in [5.74, 6) is -0.932. The van der Waals surface area contributed by atoms with Crippen LogP contribution in [0.4, 0.5) is 5.82 Å². The third kappa shape index (κ3) is 2.34. The quantitative estimate of drug-likeness (QED) is 0.609. The van der Waals surface area contributed by atoms with E-state index in [-0.39, 0.29) is 6.54 Å². The van der Waals surface area contributed by atoms with Gasteiger partial charge in [0.25, 0.3) is 5.91 Å². The minimum Gasteiger partial charge on any atom is -0.465 e. The standard InChI is InChI=1S/C13H15N3O4/c1-13(2)12(19)15-10(17)7-16(13)9-6-8(4-5-14-9)11(18)20-3/h4-6H,7H2,1-3H3,(H,15,17,19). The van der Waals surface area contributed by atoms with Gasteiger partial charge in [0.05, 0.1) is 19.2 Å². The van der Waals surface area contributed by atoms with E-state index in [1.165, 1.54) is 25.4 Å². The summed E-state index contributed by atoms with van der Waals surface area (Å²) in [5.41, 5.74) is -0.623. The summed E-state index contributed by atoms with van der Waals surface area (Å²) >= 11 is 0. The maximum Gasteiger partial charge on any atom is 0.338 e. The van der Waals surface area contributed by atoms with Gasteiger partial charge < -0.3 is 9.64 Å². The van der Waals surface area contributed by atoms with Crippen molar-refractivity contribution in [1.29, 1.82) is 0 Å². The van der Waals surface area contributed by atoms with Gasteiger partial charge in [0, 0.05) is 6.20 Å². The highest BCUT2D eigenvalue weighted by Gasteiger charge is 2.41. The molecule has 1 fully saturated rings. The van der Waals surface area contributed by atoms with Crippen LogP contribution in [0.15, 0.2) is 18.3 Å². The Hall–Kier alpha value is -2.44. The molecule has 0 saturated carbocycles. The Labute approximate surface area is 115 Å². The number of rotatable bonds is 2. The van der Waals surface area contributed by atoms with Gasteiger partial charge in [-0.2, -0.15) is 0 Å². The molecule has 1 aromatic heterocycles. The highest BCUT2D eigenvalue weighted by Crippen LogP contribution is 2.25. The van der Waals surface area contributed by atoms with Crippen LogP contribution in [0.5, 0.6) is 0 Å². The third-order valence-corrected chi connectivity index (χ3v) is 3.23. The van der Waals surface area contributed by atoms with Gasteiger partial charge in [-0.15, -0.1) is 0 Å². The zero-order valence-electron chi connectivity index (χ0n) is 11.5. The van der Waals surface area contributed by atoms with Gasteiger partial charge >= 0.3 is 5.97 Å². The van der Waals surface area contributed by atoms with Crippen LogP contribution in [-0.4, -0.2) is 42.0 Å². The molecule has 1 aromatic rings. The summed E-state index contributed by atoms with van der Waals surface area (Å²) in [6.07, 6.45) is 1.44. The van der Waals surface area contributed by atoms with Crippen molar-refractivity contribution in [3.8, 4) is 0 Å². The summed E-state index contributed by atoms with van der Waals surface area (Å²) in [7, 11) is 1.28. The minimum absolute atomic E-state index is 0.00361. The van der Waals surface area contributed by atoms with E-state index in [0.717, 1.165) is 0 Å². The maximum absolute atomic E-state index is 11.9. The van der Waals surface area contributed by atoms with Gasteiger partial charge in [-0.05, 0) is 26.0 Å². The highest BCUT2D eigenvalue weighted by molar-refractivity contribution is 6.06. The normalized spacial score (nSPS) is 17.6. The molecule has 1 aliphatic rings. The van der Waals surface area contributed by atoms with E-state index in [0.29, 0.717) is 11.4 Å². The largest absolute Gasteiger partial charge is 0.465 e. The summed E-state index contributed by atoms with van der Waals surface area (Å²) in [6, 6.07) is 3.01. The number of nitrogens with one attached hydrogen (secondary N) is 1. The first-order valence-corrected chi connectivity index (χ1v) is 6.02. The lowest BCUT2D eigenvalue weighted by Crippen LogP contribution is -2.64. The van der Waals surface area contributed by atoms with E-state index >= 15 is 0 Å². The predicted octanol–water partition coefficient (Wildman–Crippen LogP) is 0.110. The first-order chi connectivity index (χ1) is 9.36. The smallest absolute Gasteiger partial charge is 0.338 e. The van der Waals surface area contributed by atoms with Crippen LogP contribution in [0.3, 0.4) is 0 Å². The maximum atomic E-state index is 11.9. The molecule has 1 saturated heterocycles. The second-order valence-corrected chi connectivity index (χ2v) is 4.92. The van der Waals surface area contributed by atoms with Crippen molar-refractivity contribution in [3.63, 3.8) is 0 Å². The number of amides is 2. The van der Waals surface area contributed by atoms with Crippen molar-refractivity contribution in [3.05, 3.63) is 23.9 Å². The molecule has 1 aliphatic heterocycles. The zero-order chi connectivity index (χ0) is 14.9. The molecule has 0 radical (unpaired) electrons. The van der Waals surface area contributed by atoms with Crippen molar-refractivity contribution >= 4 is 23.6 Å². The monoisotopic (exact) mass is 277 g/mol. The van der Waals surface area contributed by atoms with Crippen molar-refractivity contribution in [1.82, 2.24) is 10.3 Å². The SMILES string of the molecule is COC(=O)c1ccnc(N2CC(=O)NC(=O)C2(C)C)c1. The summed E-state index contributed by atoms with van der Waals surface area (Å²) in [5, 5.41) is 2.28. The van der Waals surface area contributed by atoms with Gasteiger partial charge in [0.2, 0.25) is 5.91 Å². The molecular formula is C13H15N3O4. The van der Waals surface area contributed by atoms with Crippen LogP contribution in [-0.2, 0) is 14.3 Å². The summed E-state index contributed by atoms with van der Waals surface area (Å²) in [6.45, 7) is 3.36. The van der Waals surface area contributed by atoms with E-state index in [2.05, 4.69) is 15.0 Å². The Morgan fingerprint density at radius 2 is 2.15 bits per heavy atom. The van der Waals surface area contributed by atoms with Crippen LogP contribution < -0.4 is 10.2 Å². The van der Waals surface area contributed by atoms with Crippen LogP contribution in [0, 0.1) is 0 Å². The number of carbonyl (C=O) groups excluding carboxylic acids is 3. The predicted molar refractivity (Wildman–Crippen MR) is 70.2 cm³/mol. The number of piperazine rings is 1. The average Bonchev–Trinajstić information content (AvgIpc) is 2.42. The molecule has 0 aliphatic carbocycles. The van der Waals surface area contributed by atoms with E-state index < -0.39 is 23.3 Å². The fraction of sp³-hybridized carbons (Fsp3) is 0.385. The number of methoxy groups -OCH3 is 1. The van der Waals surface area contributed by atoms with E-state index in [1.807, 2.05) is 0 Å². The molecular weight excluding hydrogens is 262 g/mol. The number of carbonyl (C=O) groups is 3. The minimum atomic E-state index is -0.935. The lowest BCUT2D eigenvalue weighted by Gasteiger charge is -2.40. The molecule has 106 valence electrons. The Bertz CT molecular complexity index is 583. The lowest BCUT2D eigenvalue weighted by molar-refractivity contribution is -0.135. The van der Waals surface area contributed by atoms with E-state index in [4.69, 9.17) is 0 Å². The average molecular weight is 277 g/mol. The molecule has 1 N–H and O–H groups in total. The van der Waals surface area contributed by atoms with Crippen molar-refractivity contribution < 1.29 is 19.1 Å². The molecule has 7 heteroatoms. The number of imide groups is 1. The fourth-order valence-corrected chi connectivity index (χ4v) is 1.96. The molecule has 0 aromatic carbocycles. The van der Waals surface area contributed by atoms with Crippen molar-refractivity contribution in [2.45, 2.75) is 19.4 Å². The number of esters is 1. The molecule has 2 rings (SSSR count). The topological polar surface area (TPSA) is 88.6 Å². The number of anilines is 1. The Balaban J connectivity index is 2.41. The number of pyridine rings is 1. The first-order valence-electron chi connectivity index (χ1n) is 6.02. The highest BCUT2D eigenvalue weighted by atomic mass is 16.5. The van der Waals surface area contributed by atoms with Gasteiger partial charge in [-0.3, -0.25) is 14.9 Å². The van der Waals surface area contributed by atoms with Gasteiger partial charge in [0.1, 0.15) is 11.4 Å². The first kappa shape index (κ1) is 14.0. The molecule has 0 bridgehead atoms. The molecule has 7 nitrogen and oxygen atoms in total.